The number of hydrogen-bond donors (Lipinski definition) is 1. The van der Waals surface area contributed by atoms with Crippen molar-refractivity contribution in [3.8, 4) is 0 Å². The molecule has 0 radical (unpaired) electrons. The predicted molar refractivity (Wildman–Crippen MR) is 49.1 cm³/mol. The maximum Gasteiger partial charge on any atom is 0.123 e. The van der Waals surface area contributed by atoms with E-state index in [0.29, 0.717) is 0 Å². The Morgan fingerprint density at radius 2 is 2.25 bits per heavy atom. The maximum atomic E-state index is 12.7. The topological polar surface area (TPSA) is 26.0 Å². The van der Waals surface area contributed by atoms with Gasteiger partial charge in [-0.2, -0.15) is 0 Å². The van der Waals surface area contributed by atoms with Gasteiger partial charge in [0.1, 0.15) is 5.82 Å². The highest BCUT2D eigenvalue weighted by atomic mass is 19.1. The Labute approximate surface area is 71.7 Å². The van der Waals surface area contributed by atoms with Gasteiger partial charge in [0.05, 0.1) is 0 Å². The van der Waals surface area contributed by atoms with E-state index in [-0.39, 0.29) is 11.9 Å². The first-order valence-corrected chi connectivity index (χ1v) is 3.82. The summed E-state index contributed by atoms with van der Waals surface area (Å²) in [5.41, 5.74) is 7.36. The third kappa shape index (κ3) is 1.71. The molecule has 1 unspecified atom stereocenters. The van der Waals surface area contributed by atoms with E-state index in [9.17, 15) is 4.39 Å². The fourth-order valence-corrected chi connectivity index (χ4v) is 1.14. The lowest BCUT2D eigenvalue weighted by molar-refractivity contribution is 0.625. The largest absolute Gasteiger partial charge is 0.324 e. The molecule has 1 aromatic rings. The lowest BCUT2D eigenvalue weighted by Crippen LogP contribution is -2.06. The molecule has 2 N–H and O–H groups in total. The summed E-state index contributed by atoms with van der Waals surface area (Å²) in [7, 11) is 0. The molecule has 0 fully saturated rings. The first-order valence-electron chi connectivity index (χ1n) is 3.82. The summed E-state index contributed by atoms with van der Waals surface area (Å²) in [6.07, 6.45) is 1.61. The zero-order chi connectivity index (χ0) is 9.14. The lowest BCUT2D eigenvalue weighted by Gasteiger charge is -2.09. The minimum Gasteiger partial charge on any atom is -0.324 e. The number of rotatable bonds is 2. The zero-order valence-electron chi connectivity index (χ0n) is 7.05. The molecule has 0 aliphatic carbocycles. The van der Waals surface area contributed by atoms with Gasteiger partial charge in [-0.15, -0.1) is 0 Å². The molecular weight excluding hydrogens is 153 g/mol. The van der Waals surface area contributed by atoms with Crippen molar-refractivity contribution in [2.45, 2.75) is 13.0 Å². The van der Waals surface area contributed by atoms with Crippen LogP contribution in [0.5, 0.6) is 0 Å². The highest BCUT2D eigenvalue weighted by molar-refractivity contribution is 5.52. The summed E-state index contributed by atoms with van der Waals surface area (Å²) < 4.78 is 12.7. The molecule has 0 bridgehead atoms. The molecule has 64 valence electrons. The highest BCUT2D eigenvalue weighted by Gasteiger charge is 2.04. The molecule has 1 rings (SSSR count). The van der Waals surface area contributed by atoms with E-state index in [1.807, 2.05) is 6.92 Å². The second-order valence-corrected chi connectivity index (χ2v) is 2.77. The van der Waals surface area contributed by atoms with Crippen LogP contribution >= 0.6 is 0 Å². The van der Waals surface area contributed by atoms with Gasteiger partial charge < -0.3 is 5.73 Å². The molecule has 2 heteroatoms. The number of halogens is 1. The smallest absolute Gasteiger partial charge is 0.123 e. The van der Waals surface area contributed by atoms with Gasteiger partial charge in [-0.3, -0.25) is 0 Å². The van der Waals surface area contributed by atoms with E-state index >= 15 is 0 Å². The Balaban J connectivity index is 3.20. The second kappa shape index (κ2) is 3.50. The van der Waals surface area contributed by atoms with Crippen LogP contribution in [0.3, 0.4) is 0 Å². The second-order valence-electron chi connectivity index (χ2n) is 2.77. The average Bonchev–Trinajstić information content (AvgIpc) is 2.03. The summed E-state index contributed by atoms with van der Waals surface area (Å²) >= 11 is 0. The molecule has 1 nitrogen and oxygen atoms in total. The molecule has 0 saturated heterocycles. The lowest BCUT2D eigenvalue weighted by atomic mass is 10.0. The fourth-order valence-electron chi connectivity index (χ4n) is 1.14. The van der Waals surface area contributed by atoms with Gasteiger partial charge in [0.15, 0.2) is 0 Å². The first kappa shape index (κ1) is 8.94. The summed E-state index contributed by atoms with van der Waals surface area (Å²) in [6, 6.07) is 4.45. The van der Waals surface area contributed by atoms with Crippen molar-refractivity contribution in [1.29, 1.82) is 0 Å². The Hall–Kier alpha value is -1.15. The Morgan fingerprint density at radius 1 is 1.58 bits per heavy atom. The van der Waals surface area contributed by atoms with Crippen molar-refractivity contribution < 1.29 is 4.39 Å². The van der Waals surface area contributed by atoms with Crippen LogP contribution in [0.4, 0.5) is 4.39 Å². The van der Waals surface area contributed by atoms with Crippen molar-refractivity contribution >= 4 is 6.08 Å². The molecule has 0 aromatic heterocycles. The summed E-state index contributed by atoms with van der Waals surface area (Å²) in [5, 5.41) is 0. The van der Waals surface area contributed by atoms with Crippen LogP contribution in [0.2, 0.25) is 0 Å². The molecule has 1 aromatic carbocycles. The van der Waals surface area contributed by atoms with Crippen molar-refractivity contribution in [2.24, 2.45) is 5.73 Å². The van der Waals surface area contributed by atoms with Crippen LogP contribution in [0.25, 0.3) is 6.08 Å². The maximum absolute atomic E-state index is 12.7. The first-order chi connectivity index (χ1) is 5.65. The Bertz CT molecular complexity index is 292. The monoisotopic (exact) mass is 165 g/mol. The molecule has 0 spiro atoms. The summed E-state index contributed by atoms with van der Waals surface area (Å²) in [4.78, 5) is 0. The van der Waals surface area contributed by atoms with Crippen molar-refractivity contribution in [2.75, 3.05) is 0 Å². The third-order valence-corrected chi connectivity index (χ3v) is 1.76. The van der Waals surface area contributed by atoms with Crippen molar-refractivity contribution in [1.82, 2.24) is 0 Å². The Morgan fingerprint density at radius 3 is 2.75 bits per heavy atom. The highest BCUT2D eigenvalue weighted by Crippen LogP contribution is 2.17. The molecule has 0 saturated carbocycles. The molecule has 12 heavy (non-hydrogen) atoms. The minimum absolute atomic E-state index is 0.0846. The van der Waals surface area contributed by atoms with E-state index in [2.05, 4.69) is 6.58 Å². The van der Waals surface area contributed by atoms with Crippen molar-refractivity contribution in [3.63, 3.8) is 0 Å². The van der Waals surface area contributed by atoms with Crippen molar-refractivity contribution in [3.05, 3.63) is 41.7 Å². The van der Waals surface area contributed by atoms with Crippen LogP contribution in [0, 0.1) is 5.82 Å². The van der Waals surface area contributed by atoms with E-state index in [0.717, 1.165) is 11.1 Å². The van der Waals surface area contributed by atoms with Crippen LogP contribution in [-0.2, 0) is 0 Å². The van der Waals surface area contributed by atoms with E-state index in [1.165, 1.54) is 12.1 Å². The van der Waals surface area contributed by atoms with E-state index in [4.69, 9.17) is 5.73 Å². The van der Waals surface area contributed by atoms with Crippen LogP contribution < -0.4 is 5.73 Å². The van der Waals surface area contributed by atoms with Crippen LogP contribution in [-0.4, -0.2) is 0 Å². The van der Waals surface area contributed by atoms with E-state index < -0.39 is 0 Å². The van der Waals surface area contributed by atoms with Gasteiger partial charge >= 0.3 is 0 Å². The van der Waals surface area contributed by atoms with Gasteiger partial charge in [0.2, 0.25) is 0 Å². The molecule has 0 heterocycles. The average molecular weight is 165 g/mol. The standard InChI is InChI=1S/C10H12FN/c1-3-8-6-9(11)4-5-10(8)7(2)12/h3-7H,1,12H2,2H3. The summed E-state index contributed by atoms with van der Waals surface area (Å²) in [6.45, 7) is 5.45. The van der Waals surface area contributed by atoms with Gasteiger partial charge in [-0.1, -0.05) is 18.7 Å². The molecular formula is C10H12FN. The molecule has 0 amide bonds. The van der Waals surface area contributed by atoms with Crippen LogP contribution in [0.1, 0.15) is 24.1 Å². The van der Waals surface area contributed by atoms with Gasteiger partial charge in [0, 0.05) is 6.04 Å². The van der Waals surface area contributed by atoms with Crippen LogP contribution in [0.15, 0.2) is 24.8 Å². The van der Waals surface area contributed by atoms with E-state index in [1.54, 1.807) is 12.1 Å². The van der Waals surface area contributed by atoms with Gasteiger partial charge in [-0.05, 0) is 30.2 Å². The Kier molecular flexibility index (Phi) is 2.61. The molecule has 0 aliphatic heterocycles. The normalized spacial score (nSPS) is 12.6. The number of benzene rings is 1. The quantitative estimate of drug-likeness (QED) is 0.715. The predicted octanol–water partition coefficient (Wildman–Crippen LogP) is 2.49. The third-order valence-electron chi connectivity index (χ3n) is 1.76. The summed E-state index contributed by atoms with van der Waals surface area (Å²) in [5.74, 6) is -0.255. The zero-order valence-corrected chi connectivity index (χ0v) is 7.05. The van der Waals surface area contributed by atoms with Gasteiger partial charge in [-0.25, -0.2) is 4.39 Å². The fraction of sp³-hybridized carbons (Fsp3) is 0.200. The molecule has 1 atom stereocenters. The van der Waals surface area contributed by atoms with Gasteiger partial charge in [0.25, 0.3) is 0 Å². The number of hydrogen-bond acceptors (Lipinski definition) is 1. The number of nitrogens with two attached hydrogens (primary N) is 1. The SMILES string of the molecule is C=Cc1cc(F)ccc1C(C)N. The minimum atomic E-state index is -0.255. The molecule has 0 aliphatic rings.